The number of carbonyl (C=O) groups excluding carboxylic acids is 1. The smallest absolute Gasteiger partial charge is 0.256 e. The molecule has 12 heteroatoms. The summed E-state index contributed by atoms with van der Waals surface area (Å²) in [7, 11) is -2.22. The van der Waals surface area contributed by atoms with Gasteiger partial charge in [0.25, 0.3) is 5.91 Å². The van der Waals surface area contributed by atoms with Gasteiger partial charge in [-0.2, -0.15) is 4.31 Å². The van der Waals surface area contributed by atoms with Crippen molar-refractivity contribution in [2.45, 2.75) is 4.90 Å². The molecule has 0 spiro atoms. The number of rotatable bonds is 8. The van der Waals surface area contributed by atoms with Crippen LogP contribution in [0.3, 0.4) is 0 Å². The maximum atomic E-state index is 13.1. The highest BCUT2D eigenvalue weighted by atomic mass is 32.2. The number of anilines is 1. The van der Waals surface area contributed by atoms with Crippen molar-refractivity contribution < 1.29 is 27.4 Å². The largest absolute Gasteiger partial charge is 0.475 e. The Morgan fingerprint density at radius 3 is 2.68 bits per heavy atom. The maximum Gasteiger partial charge on any atom is 0.256 e. The molecule has 0 saturated carbocycles. The molecule has 0 bridgehead atoms. The SMILES string of the molecule is COCCOc1ccc(NC(=O)c2cc(=O)[nH]c3ccc(S(=O)(=O)N4CCOCC4)cc23)cn1. The van der Waals surface area contributed by atoms with Gasteiger partial charge >= 0.3 is 0 Å². The third kappa shape index (κ3) is 5.25. The van der Waals surface area contributed by atoms with Gasteiger partial charge in [0.15, 0.2) is 0 Å². The molecule has 180 valence electrons. The van der Waals surface area contributed by atoms with Crippen molar-refractivity contribution in [3.63, 3.8) is 0 Å². The van der Waals surface area contributed by atoms with E-state index in [4.69, 9.17) is 14.2 Å². The molecule has 1 aromatic carbocycles. The molecular formula is C22H24N4O7S. The Kier molecular flexibility index (Phi) is 7.22. The van der Waals surface area contributed by atoms with Crippen LogP contribution in [0.5, 0.6) is 5.88 Å². The Labute approximate surface area is 195 Å². The fourth-order valence-corrected chi connectivity index (χ4v) is 4.92. The van der Waals surface area contributed by atoms with Gasteiger partial charge in [-0.05, 0) is 24.3 Å². The van der Waals surface area contributed by atoms with Gasteiger partial charge in [-0.25, -0.2) is 13.4 Å². The molecule has 4 rings (SSSR count). The zero-order valence-electron chi connectivity index (χ0n) is 18.4. The van der Waals surface area contributed by atoms with E-state index in [1.54, 1.807) is 19.2 Å². The predicted octanol–water partition coefficient (Wildman–Crippen LogP) is 1.22. The molecule has 1 amide bonds. The number of benzene rings is 1. The molecule has 1 saturated heterocycles. The number of hydrogen-bond donors (Lipinski definition) is 2. The number of ether oxygens (including phenoxy) is 3. The minimum Gasteiger partial charge on any atom is -0.475 e. The molecule has 1 fully saturated rings. The number of pyridine rings is 2. The summed E-state index contributed by atoms with van der Waals surface area (Å²) in [6.45, 7) is 1.88. The highest BCUT2D eigenvalue weighted by Gasteiger charge is 2.27. The first-order valence-electron chi connectivity index (χ1n) is 10.5. The molecule has 0 unspecified atom stereocenters. The van der Waals surface area contributed by atoms with Crippen LogP contribution in [0.4, 0.5) is 5.69 Å². The first-order chi connectivity index (χ1) is 16.4. The molecule has 1 aliphatic heterocycles. The number of aromatic amines is 1. The summed E-state index contributed by atoms with van der Waals surface area (Å²) in [4.78, 5) is 32.0. The quantitative estimate of drug-likeness (QED) is 0.451. The van der Waals surface area contributed by atoms with Gasteiger partial charge in [-0.3, -0.25) is 9.59 Å². The van der Waals surface area contributed by atoms with E-state index in [0.29, 0.717) is 48.9 Å². The van der Waals surface area contributed by atoms with E-state index in [-0.39, 0.29) is 23.5 Å². The van der Waals surface area contributed by atoms with E-state index >= 15 is 0 Å². The Morgan fingerprint density at radius 1 is 1.18 bits per heavy atom. The zero-order valence-corrected chi connectivity index (χ0v) is 19.3. The highest BCUT2D eigenvalue weighted by Crippen LogP contribution is 2.24. The average Bonchev–Trinajstić information content (AvgIpc) is 2.85. The lowest BCUT2D eigenvalue weighted by molar-refractivity contribution is 0.0730. The number of fused-ring (bicyclic) bond motifs is 1. The second-order valence-corrected chi connectivity index (χ2v) is 9.39. The molecule has 1 aliphatic rings. The van der Waals surface area contributed by atoms with E-state index in [1.807, 2.05) is 0 Å². The number of methoxy groups -OCH3 is 1. The second kappa shape index (κ2) is 10.3. The van der Waals surface area contributed by atoms with Crippen molar-refractivity contribution >= 4 is 32.5 Å². The Morgan fingerprint density at radius 2 is 1.97 bits per heavy atom. The summed E-state index contributed by atoms with van der Waals surface area (Å²) in [5.41, 5.74) is 0.285. The van der Waals surface area contributed by atoms with Crippen LogP contribution < -0.4 is 15.6 Å². The van der Waals surface area contributed by atoms with E-state index in [2.05, 4.69) is 15.3 Å². The third-order valence-electron chi connectivity index (χ3n) is 5.20. The number of hydrogen-bond acceptors (Lipinski definition) is 8. The molecule has 0 aliphatic carbocycles. The summed E-state index contributed by atoms with van der Waals surface area (Å²) >= 11 is 0. The van der Waals surface area contributed by atoms with Crippen LogP contribution in [-0.4, -0.2) is 75.2 Å². The molecular weight excluding hydrogens is 464 g/mol. The number of H-pyrrole nitrogens is 1. The molecule has 3 heterocycles. The normalized spacial score (nSPS) is 14.7. The third-order valence-corrected chi connectivity index (χ3v) is 7.09. The van der Waals surface area contributed by atoms with Crippen LogP contribution in [0.15, 0.2) is 52.3 Å². The standard InChI is InChI=1S/C22H24N4O7S/c1-31-10-11-33-21-5-2-15(14-23-21)24-22(28)18-13-20(27)25-19-4-3-16(12-17(18)19)34(29,30)26-6-8-32-9-7-26/h2-5,12-14H,6-11H2,1H3,(H,24,28)(H,25,27). The minimum absolute atomic E-state index is 0.0298. The first kappa shape index (κ1) is 23.8. The van der Waals surface area contributed by atoms with Crippen molar-refractivity contribution in [2.24, 2.45) is 0 Å². The lowest BCUT2D eigenvalue weighted by atomic mass is 10.1. The molecule has 0 radical (unpaired) electrons. The number of nitrogens with one attached hydrogen (secondary N) is 2. The molecule has 3 aromatic rings. The van der Waals surface area contributed by atoms with Crippen molar-refractivity contribution in [3.05, 3.63) is 58.5 Å². The minimum atomic E-state index is -3.78. The molecule has 2 N–H and O–H groups in total. The Bertz CT molecular complexity index is 1330. The number of aromatic nitrogens is 2. The topological polar surface area (TPSA) is 140 Å². The highest BCUT2D eigenvalue weighted by molar-refractivity contribution is 7.89. The van der Waals surface area contributed by atoms with Gasteiger partial charge in [-0.1, -0.05) is 0 Å². The predicted molar refractivity (Wildman–Crippen MR) is 124 cm³/mol. The van der Waals surface area contributed by atoms with Crippen LogP contribution in [0.2, 0.25) is 0 Å². The monoisotopic (exact) mass is 488 g/mol. The van der Waals surface area contributed by atoms with Gasteiger partial charge in [-0.15, -0.1) is 0 Å². The van der Waals surface area contributed by atoms with E-state index in [1.165, 1.54) is 28.7 Å². The summed E-state index contributed by atoms with van der Waals surface area (Å²) in [6.07, 6.45) is 1.42. The van der Waals surface area contributed by atoms with Gasteiger partial charge in [0.2, 0.25) is 21.5 Å². The lowest BCUT2D eigenvalue weighted by Gasteiger charge is -2.26. The average molecular weight is 489 g/mol. The van der Waals surface area contributed by atoms with Gasteiger partial charge < -0.3 is 24.5 Å². The Balaban J connectivity index is 1.61. The fraction of sp³-hybridized carbons (Fsp3) is 0.318. The van der Waals surface area contributed by atoms with Crippen LogP contribution in [0, 0.1) is 0 Å². The van der Waals surface area contributed by atoms with Crippen LogP contribution in [0.25, 0.3) is 10.9 Å². The summed E-state index contributed by atoms with van der Waals surface area (Å²) < 4.78 is 43.0. The molecule has 0 atom stereocenters. The van der Waals surface area contributed by atoms with Crippen molar-refractivity contribution in [3.8, 4) is 5.88 Å². The number of carbonyl (C=O) groups is 1. The molecule has 11 nitrogen and oxygen atoms in total. The molecule has 34 heavy (non-hydrogen) atoms. The number of amides is 1. The van der Waals surface area contributed by atoms with Crippen LogP contribution in [0.1, 0.15) is 10.4 Å². The van der Waals surface area contributed by atoms with Crippen molar-refractivity contribution in [2.75, 3.05) is 51.9 Å². The second-order valence-electron chi connectivity index (χ2n) is 7.45. The van der Waals surface area contributed by atoms with E-state index < -0.39 is 21.5 Å². The van der Waals surface area contributed by atoms with Gasteiger partial charge in [0, 0.05) is 43.2 Å². The lowest BCUT2D eigenvalue weighted by Crippen LogP contribution is -2.40. The van der Waals surface area contributed by atoms with Gasteiger partial charge in [0.1, 0.15) is 6.61 Å². The summed E-state index contributed by atoms with van der Waals surface area (Å²) in [6, 6.07) is 8.63. The maximum absolute atomic E-state index is 13.1. The van der Waals surface area contributed by atoms with Crippen molar-refractivity contribution in [1.82, 2.24) is 14.3 Å². The number of sulfonamides is 1. The number of morpholine rings is 1. The summed E-state index contributed by atoms with van der Waals surface area (Å²) in [5.74, 6) is -0.207. The van der Waals surface area contributed by atoms with Crippen molar-refractivity contribution in [1.29, 1.82) is 0 Å². The fourth-order valence-electron chi connectivity index (χ4n) is 3.48. The Hall–Kier alpha value is -3.32. The van der Waals surface area contributed by atoms with E-state index in [9.17, 15) is 18.0 Å². The molecule has 2 aromatic heterocycles. The first-order valence-corrected chi connectivity index (χ1v) is 12.0. The van der Waals surface area contributed by atoms with Crippen LogP contribution in [-0.2, 0) is 19.5 Å². The van der Waals surface area contributed by atoms with Gasteiger partial charge in [0.05, 0.1) is 42.2 Å². The van der Waals surface area contributed by atoms with E-state index in [0.717, 1.165) is 6.07 Å². The summed E-state index contributed by atoms with van der Waals surface area (Å²) in [5, 5.41) is 2.99. The zero-order chi connectivity index (χ0) is 24.1. The van der Waals surface area contributed by atoms with Crippen LogP contribution >= 0.6 is 0 Å². The number of nitrogens with zero attached hydrogens (tertiary/aromatic N) is 2.